The molecule has 2 heterocycles. The molecule has 2 atom stereocenters. The molecule has 10 nitrogen and oxygen atoms in total. The lowest BCUT2D eigenvalue weighted by Crippen LogP contribution is -2.49. The van der Waals surface area contributed by atoms with E-state index in [4.69, 9.17) is 20.8 Å². The smallest absolute Gasteiger partial charge is 0.410 e. The van der Waals surface area contributed by atoms with Crippen LogP contribution in [-0.2, 0) is 36.7 Å². The van der Waals surface area contributed by atoms with Crippen LogP contribution in [0.1, 0.15) is 46.0 Å². The standard InChI is InChI=1S/C22H32B2N4O6/c1-15(19(29)33-23)27-11-9-26(21(31)32-22(3,4)5)10-12-28(16(2)20(30)34-24)14-18-8-6-7-17(13-27)25-18/h6-8,15-16H,9-14H2,1-5H3. The molecule has 1 amide bonds. The lowest BCUT2D eigenvalue weighted by Gasteiger charge is -2.34. The topological polar surface area (TPSA) is 102 Å². The maximum absolute atomic E-state index is 13.0. The van der Waals surface area contributed by atoms with Crippen molar-refractivity contribution in [3.8, 4) is 0 Å². The van der Waals surface area contributed by atoms with Crippen LogP contribution < -0.4 is 0 Å². The van der Waals surface area contributed by atoms with E-state index >= 15 is 0 Å². The van der Waals surface area contributed by atoms with Gasteiger partial charge < -0.3 is 18.9 Å². The van der Waals surface area contributed by atoms with Gasteiger partial charge in [-0.2, -0.15) is 0 Å². The van der Waals surface area contributed by atoms with E-state index in [0.29, 0.717) is 37.6 Å². The number of carbonyl (C=O) groups excluding carboxylic acids is 3. The maximum Gasteiger partial charge on any atom is 0.410 e. The van der Waals surface area contributed by atoms with Gasteiger partial charge in [0.1, 0.15) is 17.7 Å². The predicted octanol–water partition coefficient (Wildman–Crippen LogP) is 0.967. The van der Waals surface area contributed by atoms with Gasteiger partial charge in [0.15, 0.2) is 0 Å². The molecule has 0 saturated heterocycles. The van der Waals surface area contributed by atoms with Crippen molar-refractivity contribution in [2.24, 2.45) is 0 Å². The molecule has 1 aliphatic heterocycles. The van der Waals surface area contributed by atoms with Crippen LogP contribution in [0.15, 0.2) is 18.2 Å². The minimum atomic E-state index is -0.686. The zero-order chi connectivity index (χ0) is 25.5. The highest BCUT2D eigenvalue weighted by atomic mass is 16.6. The molecule has 0 fully saturated rings. The van der Waals surface area contributed by atoms with Crippen molar-refractivity contribution >= 4 is 34.1 Å². The largest absolute Gasteiger partial charge is 0.542 e. The third-order valence-electron chi connectivity index (χ3n) is 5.57. The van der Waals surface area contributed by atoms with Crippen LogP contribution in [0.25, 0.3) is 0 Å². The first kappa shape index (κ1) is 27.7. The first-order valence-electron chi connectivity index (χ1n) is 11.2. The zero-order valence-electron chi connectivity index (χ0n) is 20.5. The van der Waals surface area contributed by atoms with Gasteiger partial charge in [-0.1, -0.05) is 6.07 Å². The van der Waals surface area contributed by atoms with E-state index in [1.807, 2.05) is 28.0 Å². The summed E-state index contributed by atoms with van der Waals surface area (Å²) in [6.45, 7) is 10.6. The fourth-order valence-electron chi connectivity index (χ4n) is 3.56. The van der Waals surface area contributed by atoms with Crippen LogP contribution in [0.5, 0.6) is 0 Å². The Morgan fingerprint density at radius 3 is 1.71 bits per heavy atom. The summed E-state index contributed by atoms with van der Waals surface area (Å²) in [5.41, 5.74) is 0.745. The van der Waals surface area contributed by atoms with E-state index in [9.17, 15) is 14.4 Å². The van der Waals surface area contributed by atoms with Gasteiger partial charge in [0.2, 0.25) is 0 Å². The molecule has 0 aliphatic carbocycles. The Morgan fingerprint density at radius 1 is 0.882 bits per heavy atom. The van der Waals surface area contributed by atoms with Gasteiger partial charge in [0.05, 0.1) is 11.4 Å². The van der Waals surface area contributed by atoms with E-state index in [0.717, 1.165) is 0 Å². The first-order valence-corrected chi connectivity index (χ1v) is 11.2. The van der Waals surface area contributed by atoms with Crippen molar-refractivity contribution in [1.29, 1.82) is 0 Å². The Morgan fingerprint density at radius 2 is 1.32 bits per heavy atom. The summed E-state index contributed by atoms with van der Waals surface area (Å²) >= 11 is 0. The van der Waals surface area contributed by atoms with Crippen LogP contribution in [0, 0.1) is 0 Å². The lowest BCUT2D eigenvalue weighted by atomic mass is 10.2. The zero-order valence-corrected chi connectivity index (χ0v) is 20.5. The fourth-order valence-corrected chi connectivity index (χ4v) is 3.56. The summed E-state index contributed by atoms with van der Waals surface area (Å²) in [5.74, 6) is -1.18. The SMILES string of the molecule is [B]OC(=O)C(C)N1CCN(C(=O)OC(C)(C)C)CCN(C(C)C(=O)O[B])Cc2cccc(n2)C1. The van der Waals surface area contributed by atoms with Gasteiger partial charge in [-0.3, -0.25) is 24.4 Å². The lowest BCUT2D eigenvalue weighted by molar-refractivity contribution is -0.140. The molecule has 2 rings (SSSR count). The van der Waals surface area contributed by atoms with Crippen LogP contribution in [0.2, 0.25) is 0 Å². The number of ether oxygens (including phenoxy) is 1. The van der Waals surface area contributed by atoms with E-state index < -0.39 is 35.7 Å². The number of fused-ring (bicyclic) bond motifs is 2. The Bertz CT molecular complexity index is 815. The number of carbonyl (C=O) groups is 3. The molecule has 12 heteroatoms. The molecular formula is C22H32B2N4O6. The monoisotopic (exact) mass is 470 g/mol. The summed E-state index contributed by atoms with van der Waals surface area (Å²) in [4.78, 5) is 47.2. The number of pyridine rings is 1. The number of nitrogens with zero attached hydrogens (tertiary/aromatic N) is 4. The summed E-state index contributed by atoms with van der Waals surface area (Å²) in [5, 5.41) is 0. The number of hydrogen-bond donors (Lipinski definition) is 0. The summed E-state index contributed by atoms with van der Waals surface area (Å²) in [6.07, 6.45) is -0.496. The normalized spacial score (nSPS) is 18.1. The second-order valence-corrected chi connectivity index (χ2v) is 9.25. The quantitative estimate of drug-likeness (QED) is 0.596. The van der Waals surface area contributed by atoms with Crippen molar-refractivity contribution in [3.63, 3.8) is 0 Å². The Balaban J connectivity index is 2.40. The highest BCUT2D eigenvalue weighted by Crippen LogP contribution is 2.16. The molecule has 1 aliphatic rings. The summed E-state index contributed by atoms with van der Waals surface area (Å²) < 4.78 is 14.5. The summed E-state index contributed by atoms with van der Waals surface area (Å²) in [6, 6.07) is 4.24. The molecule has 182 valence electrons. The molecule has 1 aromatic rings. The van der Waals surface area contributed by atoms with E-state index in [-0.39, 0.29) is 13.1 Å². The molecule has 0 aromatic carbocycles. The molecule has 0 saturated carbocycles. The summed E-state index contributed by atoms with van der Waals surface area (Å²) in [7, 11) is 10.2. The molecule has 2 unspecified atom stereocenters. The van der Waals surface area contributed by atoms with Crippen LogP contribution >= 0.6 is 0 Å². The van der Waals surface area contributed by atoms with E-state index in [1.54, 1.807) is 39.5 Å². The number of aromatic nitrogens is 1. The predicted molar refractivity (Wildman–Crippen MR) is 125 cm³/mol. The van der Waals surface area contributed by atoms with Crippen LogP contribution in [-0.4, -0.2) is 97.7 Å². The van der Waals surface area contributed by atoms with Gasteiger partial charge in [0, 0.05) is 39.3 Å². The van der Waals surface area contributed by atoms with Crippen LogP contribution in [0.3, 0.4) is 0 Å². The Hall–Kier alpha value is -2.59. The molecule has 1 aromatic heterocycles. The molecule has 34 heavy (non-hydrogen) atoms. The minimum absolute atomic E-state index is 0.264. The average Bonchev–Trinajstić information content (AvgIpc) is 2.78. The van der Waals surface area contributed by atoms with Crippen molar-refractivity contribution in [3.05, 3.63) is 29.6 Å². The van der Waals surface area contributed by atoms with Crippen molar-refractivity contribution < 1.29 is 28.4 Å². The molecule has 0 spiro atoms. The van der Waals surface area contributed by atoms with E-state index in [2.05, 4.69) is 14.3 Å². The molecule has 2 bridgehead atoms. The number of amides is 1. The number of rotatable bonds is 4. The van der Waals surface area contributed by atoms with Gasteiger partial charge >= 0.3 is 34.1 Å². The fraction of sp³-hybridized carbons (Fsp3) is 0.636. The van der Waals surface area contributed by atoms with Crippen molar-refractivity contribution in [2.45, 2.75) is 65.4 Å². The van der Waals surface area contributed by atoms with Crippen LogP contribution in [0.4, 0.5) is 4.79 Å². The average molecular weight is 470 g/mol. The second-order valence-electron chi connectivity index (χ2n) is 9.25. The Kier molecular flexibility index (Phi) is 9.93. The number of hydrogen-bond acceptors (Lipinski definition) is 9. The highest BCUT2D eigenvalue weighted by molar-refractivity contribution is 6.06. The minimum Gasteiger partial charge on any atom is -0.542 e. The van der Waals surface area contributed by atoms with Crippen molar-refractivity contribution in [1.82, 2.24) is 19.7 Å². The second kappa shape index (κ2) is 12.2. The highest BCUT2D eigenvalue weighted by Gasteiger charge is 2.29. The van der Waals surface area contributed by atoms with Crippen molar-refractivity contribution in [2.75, 3.05) is 26.2 Å². The third kappa shape index (κ3) is 8.02. The maximum atomic E-state index is 13.0. The van der Waals surface area contributed by atoms with Gasteiger partial charge in [-0.25, -0.2) is 4.79 Å². The molecule has 0 N–H and O–H groups in total. The first-order chi connectivity index (χ1) is 15.9. The van der Waals surface area contributed by atoms with Gasteiger partial charge in [-0.15, -0.1) is 0 Å². The van der Waals surface area contributed by atoms with Gasteiger partial charge in [0.25, 0.3) is 0 Å². The molecule has 4 radical (unpaired) electrons. The Labute approximate surface area is 203 Å². The molecular weight excluding hydrogens is 438 g/mol. The van der Waals surface area contributed by atoms with E-state index in [1.165, 1.54) is 0 Å². The van der Waals surface area contributed by atoms with Gasteiger partial charge in [-0.05, 0) is 46.8 Å². The third-order valence-corrected chi connectivity index (χ3v) is 5.57.